The van der Waals surface area contributed by atoms with E-state index < -0.39 is 18.1 Å². The number of nitrogens with zero attached hydrogens (tertiary/aromatic N) is 2. The van der Waals surface area contributed by atoms with Crippen LogP contribution >= 0.6 is 23.1 Å². The summed E-state index contributed by atoms with van der Waals surface area (Å²) in [7, 11) is 0. The maximum Gasteiger partial charge on any atom is 0.573 e. The first kappa shape index (κ1) is 30.5. The molecular formula is C32H31F4N3O4S2. The fourth-order valence-electron chi connectivity index (χ4n) is 6.79. The molecule has 3 aliphatic rings. The quantitative estimate of drug-likeness (QED) is 0.134. The van der Waals surface area contributed by atoms with Gasteiger partial charge in [0.05, 0.1) is 16.9 Å². The Kier molecular flexibility index (Phi) is 8.28. The summed E-state index contributed by atoms with van der Waals surface area (Å²) in [5.74, 6) is 0.485. The summed E-state index contributed by atoms with van der Waals surface area (Å²) in [6.07, 6.45) is 1.21. The predicted octanol–water partition coefficient (Wildman–Crippen LogP) is 8.48. The molecule has 1 N–H and O–H groups in total. The fraction of sp³-hybridized carbons (Fsp3) is 0.469. The number of rotatable bonds is 10. The number of thioether (sulfide) groups is 1. The number of carbonyl (C=O) groups is 1. The lowest BCUT2D eigenvalue weighted by molar-refractivity contribution is -0.274. The molecule has 3 saturated carbocycles. The minimum Gasteiger partial charge on any atom is -0.462 e. The van der Waals surface area contributed by atoms with Gasteiger partial charge >= 0.3 is 12.3 Å². The number of alkyl halides is 3. The molecule has 45 heavy (non-hydrogen) atoms. The number of ether oxygens (including phenoxy) is 2. The number of nitrogens with one attached hydrogen (secondary N) is 1. The topological polar surface area (TPSA) is 86.5 Å². The van der Waals surface area contributed by atoms with Gasteiger partial charge in [0.1, 0.15) is 22.7 Å². The van der Waals surface area contributed by atoms with Gasteiger partial charge in [-0.3, -0.25) is 0 Å². The van der Waals surface area contributed by atoms with E-state index in [-0.39, 0.29) is 41.0 Å². The minimum atomic E-state index is -4.82. The van der Waals surface area contributed by atoms with Crippen LogP contribution < -0.4 is 10.1 Å². The number of carbonyl (C=O) groups excluding carboxylic acids is 1. The highest BCUT2D eigenvalue weighted by atomic mass is 32.2. The number of para-hydroxylation sites is 1. The summed E-state index contributed by atoms with van der Waals surface area (Å²) in [6.45, 7) is 2.36. The zero-order chi connectivity index (χ0) is 31.3. The van der Waals surface area contributed by atoms with Crippen molar-refractivity contribution in [2.75, 3.05) is 6.61 Å². The van der Waals surface area contributed by atoms with Gasteiger partial charge in [-0.1, -0.05) is 29.1 Å². The van der Waals surface area contributed by atoms with Crippen molar-refractivity contribution in [3.8, 4) is 17.0 Å². The summed E-state index contributed by atoms with van der Waals surface area (Å²) in [4.78, 5) is 16.7. The molecule has 2 bridgehead atoms. The molecule has 4 aromatic rings. The number of aromatic nitrogens is 2. The molecule has 0 radical (unpaired) electrons. The summed E-state index contributed by atoms with van der Waals surface area (Å²) < 4.78 is 70.7. The third-order valence-corrected chi connectivity index (χ3v) is 11.6. The molecule has 238 valence electrons. The number of thiazole rings is 1. The largest absolute Gasteiger partial charge is 0.573 e. The van der Waals surface area contributed by atoms with Crippen LogP contribution in [-0.4, -0.2) is 40.4 Å². The van der Waals surface area contributed by atoms with Crippen molar-refractivity contribution in [3.63, 3.8) is 0 Å². The number of hydrogen-bond acceptors (Lipinski definition) is 9. The molecule has 3 aliphatic carbocycles. The Hall–Kier alpha value is -3.16. The Morgan fingerprint density at radius 1 is 1.13 bits per heavy atom. The smallest absolute Gasteiger partial charge is 0.462 e. The van der Waals surface area contributed by atoms with Crippen LogP contribution in [0.5, 0.6) is 5.75 Å². The van der Waals surface area contributed by atoms with Crippen LogP contribution in [0.3, 0.4) is 0 Å². The van der Waals surface area contributed by atoms with Crippen LogP contribution in [-0.2, 0) is 11.3 Å². The monoisotopic (exact) mass is 661 g/mol. The molecule has 2 unspecified atom stereocenters. The Labute approximate surface area is 265 Å². The van der Waals surface area contributed by atoms with E-state index in [1.165, 1.54) is 29.5 Å². The van der Waals surface area contributed by atoms with Crippen molar-refractivity contribution < 1.29 is 36.4 Å². The van der Waals surface area contributed by atoms with Crippen LogP contribution in [0.4, 0.5) is 17.6 Å². The standard InChI is InChI=1S/C32H31F4N3O4S2/c1-2-41-30(40)19-13-23(33)27-25(14-19)44-31(38-27)45-29-17-9-10-18(29)12-20(11-17)37-15-22-26(39-43-28(22)16-7-8-16)21-5-3-4-6-24(21)42-32(34,35)36/h3-6,13-14,16-18,20,29,37H,2,7-12,15H2,1H3. The molecule has 2 heterocycles. The lowest BCUT2D eigenvalue weighted by Gasteiger charge is -2.35. The average molecular weight is 662 g/mol. The van der Waals surface area contributed by atoms with Crippen LogP contribution in [0.25, 0.3) is 21.5 Å². The maximum absolute atomic E-state index is 14.8. The molecule has 7 rings (SSSR count). The first-order valence-corrected chi connectivity index (χ1v) is 16.9. The van der Waals surface area contributed by atoms with Crippen molar-refractivity contribution in [1.29, 1.82) is 0 Å². The van der Waals surface area contributed by atoms with E-state index in [9.17, 15) is 22.4 Å². The van der Waals surface area contributed by atoms with Crippen molar-refractivity contribution in [1.82, 2.24) is 15.5 Å². The van der Waals surface area contributed by atoms with Crippen molar-refractivity contribution in [2.45, 2.75) is 79.9 Å². The van der Waals surface area contributed by atoms with Crippen molar-refractivity contribution >= 4 is 39.3 Å². The normalized spacial score (nSPS) is 23.0. The summed E-state index contributed by atoms with van der Waals surface area (Å²) >= 11 is 3.11. The average Bonchev–Trinajstić information content (AvgIpc) is 3.55. The number of fused-ring (bicyclic) bond motifs is 3. The van der Waals surface area contributed by atoms with Gasteiger partial charge in [-0.15, -0.1) is 24.5 Å². The third kappa shape index (κ3) is 6.44. The van der Waals surface area contributed by atoms with Gasteiger partial charge in [0.2, 0.25) is 0 Å². The van der Waals surface area contributed by atoms with E-state index in [2.05, 4.69) is 20.2 Å². The first-order valence-electron chi connectivity index (χ1n) is 15.2. The molecule has 2 aromatic heterocycles. The number of halogens is 4. The van der Waals surface area contributed by atoms with Crippen LogP contribution in [0.15, 0.2) is 45.3 Å². The zero-order valence-electron chi connectivity index (χ0n) is 24.4. The predicted molar refractivity (Wildman–Crippen MR) is 162 cm³/mol. The number of benzene rings is 2. The van der Waals surface area contributed by atoms with E-state index >= 15 is 0 Å². The Bertz CT molecular complexity index is 1710. The molecule has 0 saturated heterocycles. The SMILES string of the molecule is CCOC(=O)c1cc(F)c2nc(SC3C4CCC3CC(NCc3c(-c5ccccc5OC(F)(F)F)noc3C3CC3)C4)sc2c1. The van der Waals surface area contributed by atoms with E-state index in [1.807, 2.05) is 0 Å². The molecule has 0 spiro atoms. The van der Waals surface area contributed by atoms with E-state index in [0.29, 0.717) is 34.0 Å². The number of hydrogen-bond donors (Lipinski definition) is 1. The molecule has 2 aromatic carbocycles. The molecule has 7 nitrogen and oxygen atoms in total. The van der Waals surface area contributed by atoms with E-state index in [1.54, 1.807) is 36.9 Å². The van der Waals surface area contributed by atoms with E-state index in [0.717, 1.165) is 54.2 Å². The van der Waals surface area contributed by atoms with Gasteiger partial charge in [0.25, 0.3) is 0 Å². The fourth-order valence-corrected chi connectivity index (χ4v) is 9.59. The molecular weight excluding hydrogens is 630 g/mol. The van der Waals surface area contributed by atoms with Crippen LogP contribution in [0, 0.1) is 17.7 Å². The Balaban J connectivity index is 1.05. The summed E-state index contributed by atoms with van der Waals surface area (Å²) in [6, 6.07) is 9.10. The Morgan fingerprint density at radius 3 is 2.60 bits per heavy atom. The number of esters is 1. The van der Waals surface area contributed by atoms with E-state index in [4.69, 9.17) is 9.26 Å². The lowest BCUT2D eigenvalue weighted by Crippen LogP contribution is -2.39. The maximum atomic E-state index is 14.8. The van der Waals surface area contributed by atoms with Gasteiger partial charge in [-0.25, -0.2) is 14.2 Å². The minimum absolute atomic E-state index is 0.186. The zero-order valence-corrected chi connectivity index (χ0v) is 26.0. The second-order valence-electron chi connectivity index (χ2n) is 11.9. The molecule has 2 atom stereocenters. The van der Waals surface area contributed by atoms with Gasteiger partial charge in [-0.05, 0) is 81.5 Å². The van der Waals surface area contributed by atoms with Gasteiger partial charge < -0.3 is 19.3 Å². The highest BCUT2D eigenvalue weighted by molar-refractivity contribution is 8.01. The van der Waals surface area contributed by atoms with Crippen molar-refractivity contribution in [3.05, 3.63) is 59.1 Å². The van der Waals surface area contributed by atoms with Crippen molar-refractivity contribution in [2.24, 2.45) is 11.8 Å². The lowest BCUT2D eigenvalue weighted by atomic mass is 9.84. The second kappa shape index (κ2) is 12.2. The van der Waals surface area contributed by atoms with Gasteiger partial charge in [-0.2, -0.15) is 0 Å². The summed E-state index contributed by atoms with van der Waals surface area (Å²) in [5.41, 5.74) is 1.88. The van der Waals surface area contributed by atoms with Crippen LogP contribution in [0.1, 0.15) is 73.0 Å². The Morgan fingerprint density at radius 2 is 1.89 bits per heavy atom. The molecule has 13 heteroatoms. The third-order valence-electron chi connectivity index (χ3n) is 8.89. The van der Waals surface area contributed by atoms with Gasteiger partial charge in [0, 0.05) is 34.9 Å². The molecule has 0 aliphatic heterocycles. The highest BCUT2D eigenvalue weighted by Crippen LogP contribution is 2.52. The van der Waals surface area contributed by atoms with Gasteiger partial charge in [0.15, 0.2) is 10.2 Å². The highest BCUT2D eigenvalue weighted by Gasteiger charge is 2.44. The second-order valence-corrected chi connectivity index (χ2v) is 14.4. The molecule has 0 amide bonds. The van der Waals surface area contributed by atoms with Crippen LogP contribution in [0.2, 0.25) is 0 Å². The summed E-state index contributed by atoms with van der Waals surface area (Å²) in [5, 5.41) is 8.27. The molecule has 3 fully saturated rings. The first-order chi connectivity index (χ1) is 21.7.